The molecule has 0 radical (unpaired) electrons. The average Bonchev–Trinajstić information content (AvgIpc) is 2.69. The summed E-state index contributed by atoms with van der Waals surface area (Å²) in [6, 6.07) is 23.2. The highest BCUT2D eigenvalue weighted by Gasteiger charge is 2.37. The van der Waals surface area contributed by atoms with Gasteiger partial charge >= 0.3 is 5.97 Å². The minimum absolute atomic E-state index is 0.386. The summed E-state index contributed by atoms with van der Waals surface area (Å²) in [5.74, 6) is 0.144. The zero-order valence-electron chi connectivity index (χ0n) is 14.8. The van der Waals surface area contributed by atoms with E-state index in [4.69, 9.17) is 21.1 Å². The monoisotopic (exact) mass is 382 g/mol. The normalized spacial score (nSPS) is 12.8. The van der Waals surface area contributed by atoms with Crippen LogP contribution in [0.1, 0.15) is 18.1 Å². The third-order valence-electron chi connectivity index (χ3n) is 4.20. The molecule has 5 heteroatoms. The van der Waals surface area contributed by atoms with Crippen LogP contribution in [-0.4, -0.2) is 11.1 Å². The zero-order chi connectivity index (χ0) is 19.3. The zero-order valence-corrected chi connectivity index (χ0v) is 15.5. The number of hydrogen-bond donors (Lipinski definition) is 1. The Kier molecular flexibility index (Phi) is 5.67. The van der Waals surface area contributed by atoms with E-state index in [0.29, 0.717) is 22.9 Å². The van der Waals surface area contributed by atoms with Gasteiger partial charge in [0.15, 0.2) is 0 Å². The molecule has 0 fully saturated rings. The van der Waals surface area contributed by atoms with Gasteiger partial charge in [0.1, 0.15) is 18.1 Å². The fourth-order valence-electron chi connectivity index (χ4n) is 2.57. The van der Waals surface area contributed by atoms with Crippen LogP contribution in [0, 0.1) is 0 Å². The van der Waals surface area contributed by atoms with Crippen molar-refractivity contribution >= 4 is 17.6 Å². The Hall–Kier alpha value is -2.98. The van der Waals surface area contributed by atoms with E-state index in [1.807, 2.05) is 18.2 Å². The smallest absolute Gasteiger partial charge is 0.352 e. The minimum Gasteiger partial charge on any atom is -0.489 e. The Morgan fingerprint density at radius 3 is 2.11 bits per heavy atom. The van der Waals surface area contributed by atoms with Crippen molar-refractivity contribution in [2.45, 2.75) is 19.1 Å². The van der Waals surface area contributed by atoms with Gasteiger partial charge in [-0.05, 0) is 48.9 Å². The first-order valence-electron chi connectivity index (χ1n) is 8.42. The number of rotatable bonds is 7. The van der Waals surface area contributed by atoms with Crippen LogP contribution in [0.25, 0.3) is 0 Å². The van der Waals surface area contributed by atoms with Crippen molar-refractivity contribution in [3.05, 3.63) is 95.0 Å². The number of aliphatic carboxylic acids is 1. The van der Waals surface area contributed by atoms with Gasteiger partial charge in [-0.1, -0.05) is 54.1 Å². The molecule has 3 aromatic rings. The lowest BCUT2D eigenvalue weighted by molar-refractivity contribution is -0.154. The van der Waals surface area contributed by atoms with Crippen molar-refractivity contribution in [3.63, 3.8) is 0 Å². The molecule has 0 aliphatic rings. The molecule has 138 valence electrons. The Morgan fingerprint density at radius 1 is 0.926 bits per heavy atom. The standard InChI is InChI=1S/C22H19ClO4/c1-22(21(24)25,17-5-3-2-4-6-17)27-20-11-7-16(8-12-20)15-26-19-13-9-18(23)10-14-19/h2-14H,15H2,1H3,(H,24,25). The maximum atomic E-state index is 11.8. The predicted octanol–water partition coefficient (Wildman–Crippen LogP) is 5.30. The van der Waals surface area contributed by atoms with Crippen LogP contribution < -0.4 is 9.47 Å². The van der Waals surface area contributed by atoms with Crippen LogP contribution in [-0.2, 0) is 17.0 Å². The summed E-state index contributed by atoms with van der Waals surface area (Å²) in [6.45, 7) is 1.93. The summed E-state index contributed by atoms with van der Waals surface area (Å²) in [6.07, 6.45) is 0. The lowest BCUT2D eigenvalue weighted by Gasteiger charge is -2.27. The summed E-state index contributed by atoms with van der Waals surface area (Å²) >= 11 is 5.85. The summed E-state index contributed by atoms with van der Waals surface area (Å²) in [4.78, 5) is 11.8. The number of halogens is 1. The van der Waals surface area contributed by atoms with E-state index < -0.39 is 11.6 Å². The van der Waals surface area contributed by atoms with Crippen LogP contribution in [0.15, 0.2) is 78.9 Å². The van der Waals surface area contributed by atoms with Crippen LogP contribution in [0.4, 0.5) is 0 Å². The first-order chi connectivity index (χ1) is 13.0. The molecule has 0 spiro atoms. The number of hydrogen-bond acceptors (Lipinski definition) is 3. The molecule has 1 N–H and O–H groups in total. The lowest BCUT2D eigenvalue weighted by Crippen LogP contribution is -2.38. The number of carbonyl (C=O) groups is 1. The summed E-state index contributed by atoms with van der Waals surface area (Å²) < 4.78 is 11.5. The van der Waals surface area contributed by atoms with E-state index in [1.54, 1.807) is 67.6 Å². The topological polar surface area (TPSA) is 55.8 Å². The van der Waals surface area contributed by atoms with E-state index in [0.717, 1.165) is 11.3 Å². The number of carboxylic acid groups (broad SMARTS) is 1. The van der Waals surface area contributed by atoms with Crippen molar-refractivity contribution < 1.29 is 19.4 Å². The van der Waals surface area contributed by atoms with Crippen LogP contribution in [0.5, 0.6) is 11.5 Å². The summed E-state index contributed by atoms with van der Waals surface area (Å²) in [5, 5.41) is 10.3. The minimum atomic E-state index is -1.47. The second-order valence-corrected chi connectivity index (χ2v) is 6.63. The molecule has 0 saturated carbocycles. The van der Waals surface area contributed by atoms with E-state index in [1.165, 1.54) is 0 Å². The second-order valence-electron chi connectivity index (χ2n) is 6.19. The van der Waals surface area contributed by atoms with Gasteiger partial charge in [0, 0.05) is 10.6 Å². The van der Waals surface area contributed by atoms with Gasteiger partial charge < -0.3 is 14.6 Å². The molecule has 0 aliphatic carbocycles. The fourth-order valence-corrected chi connectivity index (χ4v) is 2.70. The summed E-state index contributed by atoms with van der Waals surface area (Å²) in [5.41, 5.74) is 0.0458. The molecule has 0 bridgehead atoms. The third-order valence-corrected chi connectivity index (χ3v) is 4.45. The maximum absolute atomic E-state index is 11.8. The van der Waals surface area contributed by atoms with Gasteiger partial charge in [0.05, 0.1) is 0 Å². The Morgan fingerprint density at radius 2 is 1.52 bits per heavy atom. The fraction of sp³-hybridized carbons (Fsp3) is 0.136. The molecule has 1 atom stereocenters. The van der Waals surface area contributed by atoms with E-state index in [-0.39, 0.29) is 0 Å². The Labute approximate surface area is 162 Å². The molecule has 0 aromatic heterocycles. The number of ether oxygens (including phenoxy) is 2. The van der Waals surface area contributed by atoms with Gasteiger partial charge in [0.2, 0.25) is 5.60 Å². The van der Waals surface area contributed by atoms with E-state index in [2.05, 4.69) is 0 Å². The average molecular weight is 383 g/mol. The van der Waals surface area contributed by atoms with Gasteiger partial charge in [-0.3, -0.25) is 0 Å². The van der Waals surface area contributed by atoms with Crippen LogP contribution in [0.3, 0.4) is 0 Å². The molecular weight excluding hydrogens is 364 g/mol. The quantitative estimate of drug-likeness (QED) is 0.602. The van der Waals surface area contributed by atoms with Crippen molar-refractivity contribution in [1.29, 1.82) is 0 Å². The maximum Gasteiger partial charge on any atom is 0.352 e. The van der Waals surface area contributed by atoms with Crippen molar-refractivity contribution in [2.24, 2.45) is 0 Å². The Bertz CT molecular complexity index is 892. The third kappa shape index (κ3) is 4.60. The molecule has 1 unspecified atom stereocenters. The molecule has 0 saturated heterocycles. The molecular formula is C22H19ClO4. The number of carboxylic acids is 1. The SMILES string of the molecule is CC(Oc1ccc(COc2ccc(Cl)cc2)cc1)(C(=O)O)c1ccccc1. The highest BCUT2D eigenvalue weighted by atomic mass is 35.5. The largest absolute Gasteiger partial charge is 0.489 e. The number of benzene rings is 3. The Balaban J connectivity index is 1.69. The molecule has 27 heavy (non-hydrogen) atoms. The second kappa shape index (κ2) is 8.14. The van der Waals surface area contributed by atoms with Crippen LogP contribution in [0.2, 0.25) is 5.02 Å². The lowest BCUT2D eigenvalue weighted by atomic mass is 9.96. The van der Waals surface area contributed by atoms with Gasteiger partial charge in [-0.15, -0.1) is 0 Å². The highest BCUT2D eigenvalue weighted by Crippen LogP contribution is 2.29. The van der Waals surface area contributed by atoms with E-state index in [9.17, 15) is 9.90 Å². The van der Waals surface area contributed by atoms with Gasteiger partial charge in [-0.25, -0.2) is 4.79 Å². The molecule has 3 rings (SSSR count). The first kappa shape index (κ1) is 18.8. The van der Waals surface area contributed by atoms with Crippen molar-refractivity contribution in [1.82, 2.24) is 0 Å². The first-order valence-corrected chi connectivity index (χ1v) is 8.80. The molecule has 3 aromatic carbocycles. The predicted molar refractivity (Wildman–Crippen MR) is 104 cm³/mol. The van der Waals surface area contributed by atoms with Crippen LogP contribution >= 0.6 is 11.6 Å². The molecule has 0 amide bonds. The van der Waals surface area contributed by atoms with Crippen molar-refractivity contribution in [3.8, 4) is 11.5 Å². The van der Waals surface area contributed by atoms with Crippen molar-refractivity contribution in [2.75, 3.05) is 0 Å². The van der Waals surface area contributed by atoms with Gasteiger partial charge in [0.25, 0.3) is 0 Å². The molecule has 4 nitrogen and oxygen atoms in total. The highest BCUT2D eigenvalue weighted by molar-refractivity contribution is 6.30. The molecule has 0 heterocycles. The molecule has 0 aliphatic heterocycles. The summed E-state index contributed by atoms with van der Waals surface area (Å²) in [7, 11) is 0. The van der Waals surface area contributed by atoms with Gasteiger partial charge in [-0.2, -0.15) is 0 Å². The van der Waals surface area contributed by atoms with E-state index >= 15 is 0 Å².